The molecule has 2 saturated heterocycles. The van der Waals surface area contributed by atoms with Crippen molar-refractivity contribution in [2.45, 2.75) is 37.8 Å². The molecule has 174 valence electrons. The van der Waals surface area contributed by atoms with Crippen molar-refractivity contribution in [3.05, 3.63) is 47.5 Å². The molecule has 3 heterocycles. The monoisotopic (exact) mass is 470 g/mol. The molecule has 0 saturated carbocycles. The van der Waals surface area contributed by atoms with E-state index in [1.807, 2.05) is 4.90 Å². The van der Waals surface area contributed by atoms with E-state index in [4.69, 9.17) is 4.74 Å². The van der Waals surface area contributed by atoms with Crippen molar-refractivity contribution in [3.8, 4) is 0 Å². The third-order valence-electron chi connectivity index (χ3n) is 5.78. The predicted molar refractivity (Wildman–Crippen MR) is 114 cm³/mol. The lowest BCUT2D eigenvalue weighted by atomic mass is 10.0. The van der Waals surface area contributed by atoms with Crippen molar-refractivity contribution in [1.82, 2.24) is 9.97 Å². The van der Waals surface area contributed by atoms with Gasteiger partial charge in [-0.15, -0.1) is 0 Å². The van der Waals surface area contributed by atoms with Crippen LogP contribution >= 0.6 is 0 Å². The van der Waals surface area contributed by atoms with Gasteiger partial charge in [-0.2, -0.15) is 4.39 Å². The van der Waals surface area contributed by atoms with Crippen LogP contribution in [0.5, 0.6) is 0 Å². The lowest BCUT2D eigenvalue weighted by molar-refractivity contribution is 0.0174. The van der Waals surface area contributed by atoms with Gasteiger partial charge in [-0.05, 0) is 18.4 Å². The third-order valence-corrected chi connectivity index (χ3v) is 7.45. The minimum Gasteiger partial charge on any atom is -0.374 e. The van der Waals surface area contributed by atoms with E-state index in [0.29, 0.717) is 6.54 Å². The van der Waals surface area contributed by atoms with Crippen molar-refractivity contribution in [2.24, 2.45) is 0 Å². The van der Waals surface area contributed by atoms with Crippen LogP contribution in [0.3, 0.4) is 0 Å². The van der Waals surface area contributed by atoms with E-state index in [-0.39, 0.29) is 47.9 Å². The second kappa shape index (κ2) is 8.86. The van der Waals surface area contributed by atoms with E-state index >= 15 is 4.39 Å². The number of nitrogens with zero attached hydrogens (tertiary/aromatic N) is 3. The lowest BCUT2D eigenvalue weighted by Crippen LogP contribution is -2.38. The van der Waals surface area contributed by atoms with E-state index in [2.05, 4.69) is 15.3 Å². The molecular weight excluding hydrogens is 445 g/mol. The molecule has 32 heavy (non-hydrogen) atoms. The Bertz CT molecular complexity index is 1060. The maximum atomic E-state index is 15.3. The fourth-order valence-electron chi connectivity index (χ4n) is 4.13. The highest BCUT2D eigenvalue weighted by Gasteiger charge is 2.32. The van der Waals surface area contributed by atoms with Crippen LogP contribution in [0.25, 0.3) is 0 Å². The highest BCUT2D eigenvalue weighted by molar-refractivity contribution is 7.91. The standard InChI is InChI=1S/C21H25F3N4O3S/c1-21(23,24)15-6-4-14(5-7-15)17-3-2-8-28(17)20-18(22)19(26-13-27-20)25-11-16-12-32(29,30)10-9-31-16/h4-7,13,16-17H,2-3,8-12H2,1H3,(H,25,26,27). The van der Waals surface area contributed by atoms with Gasteiger partial charge >= 0.3 is 0 Å². The molecule has 0 bridgehead atoms. The summed E-state index contributed by atoms with van der Waals surface area (Å²) in [7, 11) is -3.16. The smallest absolute Gasteiger partial charge is 0.270 e. The number of aromatic nitrogens is 2. The number of nitrogens with one attached hydrogen (secondary N) is 1. The van der Waals surface area contributed by atoms with Gasteiger partial charge in [-0.25, -0.2) is 27.2 Å². The first-order valence-electron chi connectivity index (χ1n) is 10.5. The van der Waals surface area contributed by atoms with Crippen molar-refractivity contribution in [1.29, 1.82) is 0 Å². The van der Waals surface area contributed by atoms with Crippen LogP contribution in [-0.4, -0.2) is 55.7 Å². The predicted octanol–water partition coefficient (Wildman–Crippen LogP) is 3.29. The summed E-state index contributed by atoms with van der Waals surface area (Å²) in [6, 6.07) is 5.89. The van der Waals surface area contributed by atoms with Crippen molar-refractivity contribution in [3.63, 3.8) is 0 Å². The highest BCUT2D eigenvalue weighted by Crippen LogP contribution is 2.38. The molecule has 2 aliphatic heterocycles. The second-order valence-corrected chi connectivity index (χ2v) is 10.4. The number of anilines is 2. The fourth-order valence-corrected chi connectivity index (χ4v) is 5.43. The normalized spacial score (nSPS) is 23.3. The Labute approximate surface area is 184 Å². The maximum Gasteiger partial charge on any atom is 0.270 e. The molecule has 0 spiro atoms. The number of sulfone groups is 1. The summed E-state index contributed by atoms with van der Waals surface area (Å²) in [5.41, 5.74) is 0.737. The molecule has 0 radical (unpaired) electrons. The number of alkyl halides is 2. The number of hydrogen-bond acceptors (Lipinski definition) is 7. The molecule has 4 rings (SSSR count). The Morgan fingerprint density at radius 2 is 2.00 bits per heavy atom. The fraction of sp³-hybridized carbons (Fsp3) is 0.524. The maximum absolute atomic E-state index is 15.3. The van der Waals surface area contributed by atoms with Crippen LogP contribution in [-0.2, 0) is 20.5 Å². The molecule has 2 unspecified atom stereocenters. The molecule has 7 nitrogen and oxygen atoms in total. The van der Waals surface area contributed by atoms with Crippen molar-refractivity contribution in [2.75, 3.05) is 41.4 Å². The summed E-state index contributed by atoms with van der Waals surface area (Å²) in [4.78, 5) is 9.89. The second-order valence-electron chi connectivity index (χ2n) is 8.21. The molecular formula is C21H25F3N4O3S. The van der Waals surface area contributed by atoms with Crippen molar-refractivity contribution < 1.29 is 26.3 Å². The summed E-state index contributed by atoms with van der Waals surface area (Å²) in [6.07, 6.45) is 2.20. The van der Waals surface area contributed by atoms with Gasteiger partial charge in [0.25, 0.3) is 5.92 Å². The van der Waals surface area contributed by atoms with Gasteiger partial charge in [-0.1, -0.05) is 24.3 Å². The molecule has 0 amide bonds. The number of ether oxygens (including phenoxy) is 1. The van der Waals surface area contributed by atoms with E-state index < -0.39 is 27.7 Å². The van der Waals surface area contributed by atoms with Crippen LogP contribution < -0.4 is 10.2 Å². The zero-order chi connectivity index (χ0) is 22.9. The molecule has 0 aliphatic carbocycles. The number of rotatable bonds is 6. The lowest BCUT2D eigenvalue weighted by Gasteiger charge is -2.27. The minimum absolute atomic E-state index is 0.0112. The topological polar surface area (TPSA) is 84.4 Å². The van der Waals surface area contributed by atoms with Gasteiger partial charge in [-0.3, -0.25) is 0 Å². The highest BCUT2D eigenvalue weighted by atomic mass is 32.2. The average molecular weight is 471 g/mol. The van der Waals surface area contributed by atoms with Gasteiger partial charge in [0, 0.05) is 25.6 Å². The molecule has 1 N–H and O–H groups in total. The van der Waals surface area contributed by atoms with E-state index in [0.717, 1.165) is 25.3 Å². The van der Waals surface area contributed by atoms with Crippen LogP contribution in [0.4, 0.5) is 24.8 Å². The van der Waals surface area contributed by atoms with Crippen LogP contribution in [0.2, 0.25) is 0 Å². The molecule has 2 fully saturated rings. The molecule has 1 aromatic heterocycles. The largest absolute Gasteiger partial charge is 0.374 e. The Balaban J connectivity index is 1.50. The quantitative estimate of drug-likeness (QED) is 0.694. The first-order valence-corrected chi connectivity index (χ1v) is 12.3. The Morgan fingerprint density at radius 3 is 2.69 bits per heavy atom. The van der Waals surface area contributed by atoms with Crippen molar-refractivity contribution >= 4 is 21.5 Å². The molecule has 1 aromatic carbocycles. The van der Waals surface area contributed by atoms with Gasteiger partial charge in [0.05, 0.1) is 30.3 Å². The van der Waals surface area contributed by atoms with Crippen LogP contribution in [0.1, 0.15) is 36.9 Å². The van der Waals surface area contributed by atoms with E-state index in [1.54, 1.807) is 12.1 Å². The Kier molecular flexibility index (Phi) is 6.30. The third kappa shape index (κ3) is 4.98. The number of benzene rings is 1. The van der Waals surface area contributed by atoms with E-state index in [1.165, 1.54) is 18.5 Å². The summed E-state index contributed by atoms with van der Waals surface area (Å²) in [5, 5.41) is 2.84. The minimum atomic E-state index is -3.16. The summed E-state index contributed by atoms with van der Waals surface area (Å²) < 4.78 is 71.3. The van der Waals surface area contributed by atoms with Gasteiger partial charge < -0.3 is 15.0 Å². The average Bonchev–Trinajstić information content (AvgIpc) is 3.21. The van der Waals surface area contributed by atoms with E-state index in [9.17, 15) is 17.2 Å². The number of halogens is 3. The zero-order valence-electron chi connectivity index (χ0n) is 17.6. The summed E-state index contributed by atoms with van der Waals surface area (Å²) >= 11 is 0. The Morgan fingerprint density at radius 1 is 1.25 bits per heavy atom. The molecule has 2 aliphatic rings. The Hall–Kier alpha value is -2.40. The summed E-state index contributed by atoms with van der Waals surface area (Å²) in [5.74, 6) is -3.62. The van der Waals surface area contributed by atoms with Gasteiger partial charge in [0.1, 0.15) is 6.33 Å². The van der Waals surface area contributed by atoms with Crippen LogP contribution in [0, 0.1) is 5.82 Å². The molecule has 2 aromatic rings. The molecule has 11 heteroatoms. The molecule has 2 atom stereocenters. The zero-order valence-corrected chi connectivity index (χ0v) is 18.4. The first-order chi connectivity index (χ1) is 15.1. The van der Waals surface area contributed by atoms with Gasteiger partial charge in [0.2, 0.25) is 5.82 Å². The number of hydrogen-bond donors (Lipinski definition) is 1. The van der Waals surface area contributed by atoms with Gasteiger partial charge in [0.15, 0.2) is 21.5 Å². The summed E-state index contributed by atoms with van der Waals surface area (Å²) in [6.45, 7) is 1.63. The SMILES string of the molecule is CC(F)(F)c1ccc(C2CCCN2c2ncnc(NCC3CS(=O)(=O)CCO3)c2F)cc1. The first kappa shape index (κ1) is 22.8. The van der Waals surface area contributed by atoms with Crippen LogP contribution in [0.15, 0.2) is 30.6 Å².